The van der Waals surface area contributed by atoms with Gasteiger partial charge >= 0.3 is 6.18 Å². The second-order valence-electron chi connectivity index (χ2n) is 2.82. The Morgan fingerprint density at radius 3 is 2.53 bits per heavy atom. The first-order valence-electron chi connectivity index (χ1n) is 4.00. The number of terminal acetylenes is 1. The number of hydrogen-bond donors (Lipinski definition) is 3. The third-order valence-electron chi connectivity index (χ3n) is 1.52. The molecular weight excluding hydrogens is 213 g/mol. The number of aliphatic hydroxyl groups is 1. The molecule has 1 amide bonds. The van der Waals surface area contributed by atoms with Crippen molar-refractivity contribution in [2.75, 3.05) is 6.54 Å². The molecule has 0 bridgehead atoms. The fraction of sp³-hybridized carbons (Fsp3) is 0.625. The zero-order chi connectivity index (χ0) is 12.1. The van der Waals surface area contributed by atoms with Gasteiger partial charge in [-0.15, -0.1) is 12.3 Å². The number of nitrogens with one attached hydrogen (secondary N) is 1. The number of halogens is 3. The van der Waals surface area contributed by atoms with Gasteiger partial charge in [0.2, 0.25) is 5.91 Å². The van der Waals surface area contributed by atoms with Gasteiger partial charge in [0.25, 0.3) is 0 Å². The molecule has 0 saturated heterocycles. The van der Waals surface area contributed by atoms with Crippen molar-refractivity contribution in [1.29, 1.82) is 0 Å². The third kappa shape index (κ3) is 5.24. The Morgan fingerprint density at radius 2 is 2.13 bits per heavy atom. The topological polar surface area (TPSA) is 75.4 Å². The first-order valence-corrected chi connectivity index (χ1v) is 4.00. The molecule has 0 aliphatic heterocycles. The molecule has 2 unspecified atom stereocenters. The maximum absolute atomic E-state index is 11.8. The van der Waals surface area contributed by atoms with E-state index in [1.54, 1.807) is 0 Å². The lowest BCUT2D eigenvalue weighted by Gasteiger charge is -2.16. The molecule has 0 aromatic carbocycles. The van der Waals surface area contributed by atoms with Crippen LogP contribution >= 0.6 is 0 Å². The van der Waals surface area contributed by atoms with Gasteiger partial charge in [-0.3, -0.25) is 4.79 Å². The maximum Gasteiger partial charge on any atom is 0.416 e. The molecule has 15 heavy (non-hydrogen) atoms. The number of nitrogens with two attached hydrogens (primary N) is 1. The first-order chi connectivity index (χ1) is 6.79. The minimum Gasteiger partial charge on any atom is -0.382 e. The standard InChI is InChI=1S/C8H11F3N2O2/c1-2-3-5(12)7(15)13-4-6(14)8(9,10)11/h1,5-6,14H,3-4,12H2,(H,13,15). The summed E-state index contributed by atoms with van der Waals surface area (Å²) >= 11 is 0. The molecule has 0 aromatic heterocycles. The number of carbonyl (C=O) groups excluding carboxylic acids is 1. The van der Waals surface area contributed by atoms with Crippen LogP contribution in [0.1, 0.15) is 6.42 Å². The predicted octanol–water partition coefficient (Wildman–Crippen LogP) is -0.624. The lowest BCUT2D eigenvalue weighted by Crippen LogP contribution is -2.46. The van der Waals surface area contributed by atoms with Crippen LogP contribution in [0.15, 0.2) is 0 Å². The largest absolute Gasteiger partial charge is 0.416 e. The summed E-state index contributed by atoms with van der Waals surface area (Å²) in [5.74, 6) is 1.27. The lowest BCUT2D eigenvalue weighted by molar-refractivity contribution is -0.201. The fourth-order valence-electron chi connectivity index (χ4n) is 0.664. The van der Waals surface area contributed by atoms with Crippen LogP contribution in [0.25, 0.3) is 0 Å². The van der Waals surface area contributed by atoms with Crippen molar-refractivity contribution in [1.82, 2.24) is 5.32 Å². The van der Waals surface area contributed by atoms with Crippen LogP contribution in [0.5, 0.6) is 0 Å². The Labute approximate surface area is 84.6 Å². The lowest BCUT2D eigenvalue weighted by atomic mass is 10.2. The highest BCUT2D eigenvalue weighted by Gasteiger charge is 2.38. The minimum atomic E-state index is -4.76. The highest BCUT2D eigenvalue weighted by Crippen LogP contribution is 2.19. The molecule has 0 spiro atoms. The number of hydrogen-bond acceptors (Lipinski definition) is 3. The van der Waals surface area contributed by atoms with Crippen LogP contribution in [0.2, 0.25) is 0 Å². The molecule has 0 radical (unpaired) electrons. The highest BCUT2D eigenvalue weighted by molar-refractivity contribution is 5.81. The van der Waals surface area contributed by atoms with Gasteiger partial charge in [-0.2, -0.15) is 13.2 Å². The van der Waals surface area contributed by atoms with E-state index in [1.165, 1.54) is 0 Å². The number of rotatable bonds is 4. The fourth-order valence-corrected chi connectivity index (χ4v) is 0.664. The number of alkyl halides is 3. The molecule has 0 aromatic rings. The molecule has 0 saturated carbocycles. The average Bonchev–Trinajstić information content (AvgIpc) is 2.12. The van der Waals surface area contributed by atoms with Crippen molar-refractivity contribution in [2.45, 2.75) is 24.7 Å². The molecule has 0 rings (SSSR count). The van der Waals surface area contributed by atoms with Crippen molar-refractivity contribution in [3.63, 3.8) is 0 Å². The van der Waals surface area contributed by atoms with E-state index in [9.17, 15) is 18.0 Å². The Kier molecular flexibility index (Phi) is 5.11. The number of carbonyl (C=O) groups is 1. The molecular formula is C8H11F3N2O2. The van der Waals surface area contributed by atoms with E-state index in [1.807, 2.05) is 5.32 Å². The van der Waals surface area contributed by atoms with E-state index in [2.05, 4.69) is 5.92 Å². The zero-order valence-corrected chi connectivity index (χ0v) is 7.71. The van der Waals surface area contributed by atoms with Gasteiger partial charge in [-0.25, -0.2) is 0 Å². The van der Waals surface area contributed by atoms with Crippen molar-refractivity contribution >= 4 is 5.91 Å². The normalized spacial score (nSPS) is 15.2. The van der Waals surface area contributed by atoms with Crippen LogP contribution in [0.4, 0.5) is 13.2 Å². The van der Waals surface area contributed by atoms with Crippen LogP contribution in [-0.2, 0) is 4.79 Å². The highest BCUT2D eigenvalue weighted by atomic mass is 19.4. The summed E-state index contributed by atoms with van der Waals surface area (Å²) in [6.45, 7) is -0.930. The molecule has 7 heteroatoms. The zero-order valence-electron chi connectivity index (χ0n) is 7.71. The molecule has 86 valence electrons. The van der Waals surface area contributed by atoms with Crippen molar-refractivity contribution in [3.05, 3.63) is 0 Å². The Bertz CT molecular complexity index is 260. The summed E-state index contributed by atoms with van der Waals surface area (Å²) in [5, 5.41) is 10.4. The van der Waals surface area contributed by atoms with E-state index in [4.69, 9.17) is 17.3 Å². The van der Waals surface area contributed by atoms with E-state index >= 15 is 0 Å². The van der Waals surface area contributed by atoms with Gasteiger partial charge in [0.05, 0.1) is 12.6 Å². The quantitative estimate of drug-likeness (QED) is 0.557. The van der Waals surface area contributed by atoms with Gasteiger partial charge in [-0.1, -0.05) is 0 Å². The van der Waals surface area contributed by atoms with Crippen LogP contribution in [0, 0.1) is 12.3 Å². The summed E-state index contributed by atoms with van der Waals surface area (Å²) < 4.78 is 35.4. The van der Waals surface area contributed by atoms with E-state index in [0.717, 1.165) is 0 Å². The average molecular weight is 224 g/mol. The smallest absolute Gasteiger partial charge is 0.382 e. The molecule has 0 heterocycles. The van der Waals surface area contributed by atoms with Crippen molar-refractivity contribution < 1.29 is 23.1 Å². The number of amides is 1. The summed E-state index contributed by atoms with van der Waals surface area (Å²) in [5.41, 5.74) is 5.21. The van der Waals surface area contributed by atoms with Gasteiger partial charge < -0.3 is 16.2 Å². The Morgan fingerprint density at radius 1 is 1.60 bits per heavy atom. The van der Waals surface area contributed by atoms with E-state index in [0.29, 0.717) is 0 Å². The molecule has 4 nitrogen and oxygen atoms in total. The molecule has 4 N–H and O–H groups in total. The van der Waals surface area contributed by atoms with Crippen LogP contribution in [-0.4, -0.2) is 35.9 Å². The number of aliphatic hydroxyl groups excluding tert-OH is 1. The summed E-state index contributed by atoms with van der Waals surface area (Å²) in [6, 6.07) is -1.06. The third-order valence-corrected chi connectivity index (χ3v) is 1.52. The summed E-state index contributed by atoms with van der Waals surface area (Å²) in [4.78, 5) is 11.0. The van der Waals surface area contributed by atoms with Gasteiger partial charge in [0.1, 0.15) is 0 Å². The maximum atomic E-state index is 11.8. The molecule has 0 aliphatic rings. The minimum absolute atomic E-state index is 0.0754. The van der Waals surface area contributed by atoms with Gasteiger partial charge in [-0.05, 0) is 0 Å². The second kappa shape index (κ2) is 5.58. The van der Waals surface area contributed by atoms with Crippen molar-refractivity contribution in [3.8, 4) is 12.3 Å². The van der Waals surface area contributed by atoms with Crippen LogP contribution in [0.3, 0.4) is 0 Å². The van der Waals surface area contributed by atoms with Crippen LogP contribution < -0.4 is 11.1 Å². The monoisotopic (exact) mass is 224 g/mol. The predicted molar refractivity (Wildman–Crippen MR) is 46.5 cm³/mol. The van der Waals surface area contributed by atoms with Gasteiger partial charge in [0.15, 0.2) is 6.10 Å². The Balaban J connectivity index is 3.97. The van der Waals surface area contributed by atoms with Crippen molar-refractivity contribution in [2.24, 2.45) is 5.73 Å². The van der Waals surface area contributed by atoms with Gasteiger partial charge in [0, 0.05) is 6.42 Å². The second-order valence-corrected chi connectivity index (χ2v) is 2.82. The molecule has 0 fully saturated rings. The first kappa shape index (κ1) is 13.7. The van der Waals surface area contributed by atoms with E-state index < -0.39 is 30.8 Å². The molecule has 2 atom stereocenters. The summed E-state index contributed by atoms with van der Waals surface area (Å²) in [7, 11) is 0. The van der Waals surface area contributed by atoms with E-state index in [-0.39, 0.29) is 6.42 Å². The Hall–Kier alpha value is -1.26. The molecule has 0 aliphatic carbocycles. The SMILES string of the molecule is C#CCC(N)C(=O)NCC(O)C(F)(F)F. The summed E-state index contributed by atoms with van der Waals surface area (Å²) in [6.07, 6.45) is -2.58.